The molecule has 24 heavy (non-hydrogen) atoms. The molecule has 0 aliphatic carbocycles. The van der Waals surface area contributed by atoms with Gasteiger partial charge in [-0.05, 0) is 31.5 Å². The number of nitro groups is 1. The molecule has 1 amide bonds. The number of nitrogens with one attached hydrogen (secondary N) is 1. The second-order valence-electron chi connectivity index (χ2n) is 5.64. The number of benzene rings is 1. The van der Waals surface area contributed by atoms with Gasteiger partial charge in [0.2, 0.25) is 5.91 Å². The van der Waals surface area contributed by atoms with Gasteiger partial charge in [0.1, 0.15) is 17.9 Å². The lowest BCUT2D eigenvalue weighted by molar-refractivity contribution is -0.385. The predicted molar refractivity (Wildman–Crippen MR) is 83.5 cm³/mol. The maximum atomic E-state index is 12.4. The van der Waals surface area contributed by atoms with Gasteiger partial charge in [-0.2, -0.15) is 5.10 Å². The number of nitrogens with zero attached hydrogens (tertiary/aromatic N) is 3. The molecule has 0 aliphatic rings. The van der Waals surface area contributed by atoms with Crippen molar-refractivity contribution in [3.63, 3.8) is 0 Å². The molecule has 1 heterocycles. The first kappa shape index (κ1) is 17.1. The number of carbonyl (C=O) groups excluding carboxylic acids is 1. The molecule has 2 aromatic rings. The van der Waals surface area contributed by atoms with E-state index in [1.165, 1.54) is 23.0 Å². The summed E-state index contributed by atoms with van der Waals surface area (Å²) in [7, 11) is 0. The Labute approximate surface area is 137 Å². The number of rotatable bonds is 6. The van der Waals surface area contributed by atoms with E-state index in [1.807, 2.05) is 0 Å². The fourth-order valence-corrected chi connectivity index (χ4v) is 1.98. The zero-order valence-corrected chi connectivity index (χ0v) is 13.1. The molecule has 0 unspecified atom stereocenters. The van der Waals surface area contributed by atoms with Crippen molar-refractivity contribution >= 4 is 17.6 Å². The highest BCUT2D eigenvalue weighted by atomic mass is 16.6. The van der Waals surface area contributed by atoms with Crippen LogP contribution in [0.3, 0.4) is 0 Å². The normalized spacial score (nSPS) is 11.1. The highest BCUT2D eigenvalue weighted by Crippen LogP contribution is 2.18. The first-order valence-corrected chi connectivity index (χ1v) is 7.02. The molecule has 0 saturated carbocycles. The zero-order valence-electron chi connectivity index (χ0n) is 13.1. The van der Waals surface area contributed by atoms with Crippen LogP contribution in [0.5, 0.6) is 0 Å². The Morgan fingerprint density at radius 1 is 1.33 bits per heavy atom. The van der Waals surface area contributed by atoms with Crippen LogP contribution in [0.1, 0.15) is 29.8 Å². The van der Waals surface area contributed by atoms with Crippen molar-refractivity contribution in [2.75, 3.05) is 0 Å². The van der Waals surface area contributed by atoms with Gasteiger partial charge in [0.05, 0.1) is 10.5 Å². The van der Waals surface area contributed by atoms with E-state index in [1.54, 1.807) is 26.0 Å². The maximum absolute atomic E-state index is 12.4. The minimum absolute atomic E-state index is 0.161. The quantitative estimate of drug-likeness (QED) is 0.610. The molecule has 0 fully saturated rings. The van der Waals surface area contributed by atoms with Gasteiger partial charge in [-0.25, -0.2) is 4.79 Å². The Balaban J connectivity index is 2.04. The molecular weight excluding hydrogens is 316 g/mol. The third kappa shape index (κ3) is 3.57. The molecule has 0 atom stereocenters. The van der Waals surface area contributed by atoms with Gasteiger partial charge in [0, 0.05) is 6.54 Å². The van der Waals surface area contributed by atoms with Crippen LogP contribution >= 0.6 is 0 Å². The smallest absolute Gasteiger partial charge is 0.335 e. The maximum Gasteiger partial charge on any atom is 0.335 e. The van der Waals surface area contributed by atoms with Crippen molar-refractivity contribution in [2.24, 2.45) is 0 Å². The summed E-state index contributed by atoms with van der Waals surface area (Å²) in [5, 5.41) is 26.1. The predicted octanol–water partition coefficient (Wildman–Crippen LogP) is 1.54. The van der Waals surface area contributed by atoms with E-state index < -0.39 is 16.4 Å². The first-order chi connectivity index (χ1) is 11.2. The van der Waals surface area contributed by atoms with Gasteiger partial charge in [-0.3, -0.25) is 19.6 Å². The summed E-state index contributed by atoms with van der Waals surface area (Å²) in [5.41, 5.74) is -0.417. The Kier molecular flexibility index (Phi) is 4.63. The number of carbonyl (C=O) groups is 2. The first-order valence-electron chi connectivity index (χ1n) is 7.02. The number of hydrogen-bond donors (Lipinski definition) is 2. The van der Waals surface area contributed by atoms with Crippen molar-refractivity contribution in [1.29, 1.82) is 0 Å². The molecule has 0 aliphatic heterocycles. The Hall–Kier alpha value is -3.23. The SMILES string of the molecule is CC(C)(C(=O)NCc1ccc(C(=O)O)cc1)n1cc([N+](=O)[O-])cn1. The van der Waals surface area contributed by atoms with Gasteiger partial charge >= 0.3 is 11.7 Å². The van der Waals surface area contributed by atoms with Crippen LogP contribution in [0.15, 0.2) is 36.7 Å². The second-order valence-corrected chi connectivity index (χ2v) is 5.64. The standard InChI is InChI=1S/C15H16N4O5/c1-15(2,18-9-12(8-17-18)19(23)24)14(22)16-7-10-3-5-11(6-4-10)13(20)21/h3-6,8-9H,7H2,1-2H3,(H,16,22)(H,20,21). The number of carboxylic acid groups (broad SMARTS) is 1. The van der Waals surface area contributed by atoms with Gasteiger partial charge in [-0.15, -0.1) is 0 Å². The monoisotopic (exact) mass is 332 g/mol. The molecule has 0 spiro atoms. The van der Waals surface area contributed by atoms with Crippen LogP contribution in [-0.4, -0.2) is 31.7 Å². The average Bonchev–Trinajstić information content (AvgIpc) is 3.03. The van der Waals surface area contributed by atoms with Gasteiger partial charge in [0.25, 0.3) is 0 Å². The van der Waals surface area contributed by atoms with Crippen molar-refractivity contribution in [1.82, 2.24) is 15.1 Å². The van der Waals surface area contributed by atoms with Crippen LogP contribution in [0.25, 0.3) is 0 Å². The second kappa shape index (κ2) is 6.49. The third-order valence-electron chi connectivity index (χ3n) is 3.56. The number of carboxylic acids is 1. The molecule has 2 N–H and O–H groups in total. The molecule has 1 aromatic carbocycles. The van der Waals surface area contributed by atoms with E-state index in [4.69, 9.17) is 5.11 Å². The third-order valence-corrected chi connectivity index (χ3v) is 3.56. The number of amides is 1. The molecule has 0 saturated heterocycles. The van der Waals surface area contributed by atoms with Crippen molar-refractivity contribution in [3.8, 4) is 0 Å². The van der Waals surface area contributed by atoms with E-state index >= 15 is 0 Å². The van der Waals surface area contributed by atoms with E-state index in [0.29, 0.717) is 0 Å². The van der Waals surface area contributed by atoms with Crippen molar-refractivity contribution in [2.45, 2.75) is 25.9 Å². The van der Waals surface area contributed by atoms with E-state index in [9.17, 15) is 19.7 Å². The van der Waals surface area contributed by atoms with Crippen LogP contribution in [-0.2, 0) is 16.9 Å². The van der Waals surface area contributed by atoms with Crippen molar-refractivity contribution < 1.29 is 19.6 Å². The molecule has 9 heteroatoms. The van der Waals surface area contributed by atoms with E-state index in [2.05, 4.69) is 10.4 Å². The highest BCUT2D eigenvalue weighted by Gasteiger charge is 2.31. The summed E-state index contributed by atoms with van der Waals surface area (Å²) in [6.07, 6.45) is 2.28. The number of hydrogen-bond acceptors (Lipinski definition) is 5. The van der Waals surface area contributed by atoms with Gasteiger partial charge < -0.3 is 10.4 Å². The molecule has 0 radical (unpaired) electrons. The summed E-state index contributed by atoms with van der Waals surface area (Å²) < 4.78 is 1.23. The molecule has 0 bridgehead atoms. The lowest BCUT2D eigenvalue weighted by Crippen LogP contribution is -2.44. The average molecular weight is 332 g/mol. The fraction of sp³-hybridized carbons (Fsp3) is 0.267. The fourth-order valence-electron chi connectivity index (χ4n) is 1.98. The van der Waals surface area contributed by atoms with Crippen LogP contribution < -0.4 is 5.32 Å². The topological polar surface area (TPSA) is 127 Å². The summed E-state index contributed by atoms with van der Waals surface area (Å²) >= 11 is 0. The van der Waals surface area contributed by atoms with E-state index in [0.717, 1.165) is 11.8 Å². The zero-order chi connectivity index (χ0) is 17.9. The summed E-state index contributed by atoms with van der Waals surface area (Å²) in [6.45, 7) is 3.38. The van der Waals surface area contributed by atoms with E-state index in [-0.39, 0.29) is 23.7 Å². The Morgan fingerprint density at radius 2 is 1.96 bits per heavy atom. The molecule has 9 nitrogen and oxygen atoms in total. The van der Waals surface area contributed by atoms with Crippen LogP contribution in [0.4, 0.5) is 5.69 Å². The summed E-state index contributed by atoms with van der Waals surface area (Å²) in [6, 6.07) is 6.11. The Morgan fingerprint density at radius 3 is 2.46 bits per heavy atom. The number of aromatic carboxylic acids is 1. The molecule has 2 rings (SSSR count). The Bertz CT molecular complexity index is 779. The molecule has 126 valence electrons. The summed E-state index contributed by atoms with van der Waals surface area (Å²) in [5.74, 6) is -1.39. The van der Waals surface area contributed by atoms with Gasteiger partial charge in [-0.1, -0.05) is 12.1 Å². The van der Waals surface area contributed by atoms with Crippen LogP contribution in [0.2, 0.25) is 0 Å². The lowest BCUT2D eigenvalue weighted by Gasteiger charge is -2.23. The largest absolute Gasteiger partial charge is 0.478 e. The molecular formula is C15H16N4O5. The minimum atomic E-state index is -1.12. The molecule has 1 aromatic heterocycles. The number of aromatic nitrogens is 2. The summed E-state index contributed by atoms with van der Waals surface area (Å²) in [4.78, 5) is 33.3. The van der Waals surface area contributed by atoms with Crippen molar-refractivity contribution in [3.05, 3.63) is 57.9 Å². The van der Waals surface area contributed by atoms with Crippen LogP contribution in [0, 0.1) is 10.1 Å². The highest BCUT2D eigenvalue weighted by molar-refractivity contribution is 5.87. The van der Waals surface area contributed by atoms with Gasteiger partial charge in [0.15, 0.2) is 0 Å². The lowest BCUT2D eigenvalue weighted by atomic mass is 10.0. The minimum Gasteiger partial charge on any atom is -0.478 e.